The maximum atomic E-state index is 14.1. The molecular weight excluding hydrogens is 406 g/mol. The summed E-state index contributed by atoms with van der Waals surface area (Å²) in [6, 6.07) is 14.3. The highest BCUT2D eigenvalue weighted by Crippen LogP contribution is 2.35. The maximum absolute atomic E-state index is 14.1. The van der Waals surface area contributed by atoms with E-state index in [4.69, 9.17) is 4.74 Å². The second-order valence-electron chi connectivity index (χ2n) is 7.63. The minimum atomic E-state index is -2.81. The molecule has 5 atom stereocenters. The number of likely N-dealkylation sites (tertiary alicyclic amines) is 1. The summed E-state index contributed by atoms with van der Waals surface area (Å²) in [4.78, 5) is 26.8. The van der Waals surface area contributed by atoms with Crippen LogP contribution in [-0.4, -0.2) is 59.6 Å². The van der Waals surface area contributed by atoms with Crippen molar-refractivity contribution >= 4 is 11.9 Å². The molecule has 0 bridgehead atoms. The van der Waals surface area contributed by atoms with Gasteiger partial charge in [-0.3, -0.25) is 9.69 Å². The number of aliphatic hydroxyl groups is 1. The molecular formula is C23H26F2N2O4. The molecule has 1 saturated heterocycles. The van der Waals surface area contributed by atoms with Crippen molar-refractivity contribution in [1.29, 1.82) is 0 Å². The average molecular weight is 432 g/mol. The largest absolute Gasteiger partial charge is 0.454 e. The zero-order valence-electron chi connectivity index (χ0n) is 17.3. The van der Waals surface area contributed by atoms with Crippen molar-refractivity contribution in [2.75, 3.05) is 7.05 Å². The number of aliphatic hydroxyl groups excluding tert-OH is 1. The van der Waals surface area contributed by atoms with E-state index in [2.05, 4.69) is 5.32 Å². The van der Waals surface area contributed by atoms with Crippen LogP contribution < -0.4 is 5.32 Å². The van der Waals surface area contributed by atoms with E-state index in [1.165, 1.54) is 18.9 Å². The van der Waals surface area contributed by atoms with E-state index in [-0.39, 0.29) is 12.1 Å². The SMILES string of the molecule is CNC(=O)[C@@H]1C(OC(=O)c2ccccc2)[C@@H](O)[C@H](C)[C@@H](C(F)F)N1Cc1ccccc1. The Bertz CT molecular complexity index is 882. The van der Waals surface area contributed by atoms with E-state index in [0.29, 0.717) is 0 Å². The number of esters is 1. The Labute approximate surface area is 179 Å². The molecule has 166 valence electrons. The summed E-state index contributed by atoms with van der Waals surface area (Å²) >= 11 is 0. The van der Waals surface area contributed by atoms with Gasteiger partial charge in [-0.2, -0.15) is 0 Å². The summed E-state index contributed by atoms with van der Waals surface area (Å²) < 4.78 is 33.8. The number of alkyl halides is 2. The summed E-state index contributed by atoms with van der Waals surface area (Å²) in [5.74, 6) is -2.29. The summed E-state index contributed by atoms with van der Waals surface area (Å²) in [5, 5.41) is 13.3. The minimum Gasteiger partial charge on any atom is -0.454 e. The minimum absolute atomic E-state index is 0.0321. The van der Waals surface area contributed by atoms with E-state index >= 15 is 0 Å². The van der Waals surface area contributed by atoms with Crippen LogP contribution in [0.1, 0.15) is 22.8 Å². The van der Waals surface area contributed by atoms with Gasteiger partial charge in [0.15, 0.2) is 6.10 Å². The van der Waals surface area contributed by atoms with Gasteiger partial charge in [0, 0.05) is 19.5 Å². The molecule has 1 heterocycles. The molecule has 1 unspecified atom stereocenters. The average Bonchev–Trinajstić information content (AvgIpc) is 2.78. The highest BCUT2D eigenvalue weighted by atomic mass is 19.3. The van der Waals surface area contributed by atoms with Crippen molar-refractivity contribution < 1.29 is 28.2 Å². The monoisotopic (exact) mass is 432 g/mol. The smallest absolute Gasteiger partial charge is 0.338 e. The first-order valence-corrected chi connectivity index (χ1v) is 10.1. The maximum Gasteiger partial charge on any atom is 0.338 e. The number of benzene rings is 2. The second-order valence-corrected chi connectivity index (χ2v) is 7.63. The summed E-state index contributed by atoms with van der Waals surface area (Å²) in [6.45, 7) is 1.51. The highest BCUT2D eigenvalue weighted by Gasteiger charge is 2.54. The van der Waals surface area contributed by atoms with Crippen molar-refractivity contribution in [3.63, 3.8) is 0 Å². The van der Waals surface area contributed by atoms with Gasteiger partial charge in [-0.1, -0.05) is 55.5 Å². The first-order chi connectivity index (χ1) is 14.8. The molecule has 0 radical (unpaired) electrons. The van der Waals surface area contributed by atoms with Crippen LogP contribution in [0.4, 0.5) is 8.78 Å². The van der Waals surface area contributed by atoms with Crippen LogP contribution >= 0.6 is 0 Å². The zero-order chi connectivity index (χ0) is 22.5. The van der Waals surface area contributed by atoms with Gasteiger partial charge in [0.2, 0.25) is 5.91 Å². The third kappa shape index (κ3) is 4.91. The summed E-state index contributed by atoms with van der Waals surface area (Å²) in [7, 11) is 1.38. The Morgan fingerprint density at radius 1 is 1.10 bits per heavy atom. The predicted molar refractivity (Wildman–Crippen MR) is 110 cm³/mol. The standard InChI is InChI=1S/C23H26F2N2O4/c1-14-17(21(24)25)27(13-15-9-5-3-6-10-15)18(22(29)26-2)20(19(14)28)31-23(30)16-11-7-4-8-12-16/h3-12,14,17-21,28H,13H2,1-2H3,(H,26,29)/t14-,17+,18+,19+,20?/m1/s1. The molecule has 1 aliphatic heterocycles. The van der Waals surface area contributed by atoms with Gasteiger partial charge in [0.25, 0.3) is 6.43 Å². The number of ether oxygens (including phenoxy) is 1. The number of carbonyl (C=O) groups is 2. The molecule has 2 aromatic rings. The highest BCUT2D eigenvalue weighted by molar-refractivity contribution is 5.90. The Morgan fingerprint density at radius 3 is 2.23 bits per heavy atom. The van der Waals surface area contributed by atoms with Gasteiger partial charge < -0.3 is 15.2 Å². The number of amides is 1. The molecule has 0 aromatic heterocycles. The molecule has 1 aliphatic rings. The summed E-state index contributed by atoms with van der Waals surface area (Å²) in [5.41, 5.74) is 0.961. The van der Waals surface area contributed by atoms with Crippen molar-refractivity contribution in [2.45, 2.75) is 44.2 Å². The number of rotatable bonds is 6. The van der Waals surface area contributed by atoms with Crippen LogP contribution in [-0.2, 0) is 16.1 Å². The van der Waals surface area contributed by atoms with Crippen molar-refractivity contribution in [3.8, 4) is 0 Å². The fourth-order valence-corrected chi connectivity index (χ4v) is 4.08. The third-order valence-electron chi connectivity index (χ3n) is 5.70. The molecule has 3 rings (SSSR count). The van der Waals surface area contributed by atoms with E-state index in [1.807, 2.05) is 0 Å². The van der Waals surface area contributed by atoms with Crippen LogP contribution in [0.2, 0.25) is 0 Å². The lowest BCUT2D eigenvalue weighted by Crippen LogP contribution is -2.69. The molecule has 2 N–H and O–H groups in total. The van der Waals surface area contributed by atoms with Crippen LogP contribution in [0.15, 0.2) is 60.7 Å². The van der Waals surface area contributed by atoms with Crippen LogP contribution in [0.3, 0.4) is 0 Å². The first kappa shape index (κ1) is 22.8. The van der Waals surface area contributed by atoms with Gasteiger partial charge in [-0.05, 0) is 17.7 Å². The first-order valence-electron chi connectivity index (χ1n) is 10.1. The lowest BCUT2D eigenvalue weighted by molar-refractivity contribution is -0.174. The molecule has 2 aromatic carbocycles. The summed E-state index contributed by atoms with van der Waals surface area (Å²) in [6.07, 6.45) is -5.58. The Morgan fingerprint density at radius 2 is 1.68 bits per heavy atom. The van der Waals surface area contributed by atoms with Gasteiger partial charge in [0.05, 0.1) is 17.7 Å². The number of likely N-dealkylation sites (N-methyl/N-ethyl adjacent to an activating group) is 1. The van der Waals surface area contributed by atoms with Gasteiger partial charge in [-0.15, -0.1) is 0 Å². The van der Waals surface area contributed by atoms with E-state index < -0.39 is 48.5 Å². The molecule has 8 heteroatoms. The van der Waals surface area contributed by atoms with E-state index in [9.17, 15) is 23.5 Å². The molecule has 31 heavy (non-hydrogen) atoms. The number of piperidine rings is 1. The molecule has 1 amide bonds. The number of halogens is 2. The van der Waals surface area contributed by atoms with Crippen LogP contribution in [0, 0.1) is 5.92 Å². The van der Waals surface area contributed by atoms with Crippen molar-refractivity contribution in [1.82, 2.24) is 10.2 Å². The third-order valence-corrected chi connectivity index (χ3v) is 5.70. The topological polar surface area (TPSA) is 78.9 Å². The van der Waals surface area contributed by atoms with Crippen molar-refractivity contribution in [2.24, 2.45) is 5.92 Å². The van der Waals surface area contributed by atoms with Gasteiger partial charge in [0.1, 0.15) is 6.04 Å². The molecule has 0 spiro atoms. The molecule has 0 aliphatic carbocycles. The van der Waals surface area contributed by atoms with Crippen LogP contribution in [0.5, 0.6) is 0 Å². The zero-order valence-corrected chi connectivity index (χ0v) is 17.3. The van der Waals surface area contributed by atoms with Gasteiger partial charge in [-0.25, -0.2) is 13.6 Å². The van der Waals surface area contributed by atoms with Gasteiger partial charge >= 0.3 is 5.97 Å². The fourth-order valence-electron chi connectivity index (χ4n) is 4.08. The quantitative estimate of drug-likeness (QED) is 0.686. The van der Waals surface area contributed by atoms with E-state index in [0.717, 1.165) is 5.56 Å². The molecule has 1 fully saturated rings. The normalized spacial score (nSPS) is 26.5. The van der Waals surface area contributed by atoms with Crippen LogP contribution in [0.25, 0.3) is 0 Å². The number of nitrogens with one attached hydrogen (secondary N) is 1. The fraction of sp³-hybridized carbons (Fsp3) is 0.391. The number of hydrogen-bond donors (Lipinski definition) is 2. The number of carbonyl (C=O) groups excluding carboxylic acids is 2. The predicted octanol–water partition coefficient (Wildman–Crippen LogP) is 2.47. The number of hydrogen-bond acceptors (Lipinski definition) is 5. The molecule has 6 nitrogen and oxygen atoms in total. The Balaban J connectivity index is 2.00. The van der Waals surface area contributed by atoms with Crippen molar-refractivity contribution in [3.05, 3.63) is 71.8 Å². The number of nitrogens with zero attached hydrogens (tertiary/aromatic N) is 1. The Hall–Kier alpha value is -2.84. The second kappa shape index (κ2) is 9.98. The lowest BCUT2D eigenvalue weighted by atomic mass is 9.81. The molecule has 0 saturated carbocycles. The lowest BCUT2D eigenvalue weighted by Gasteiger charge is -2.49. The van der Waals surface area contributed by atoms with E-state index in [1.54, 1.807) is 60.7 Å². The Kier molecular flexibility index (Phi) is 7.35.